The highest BCUT2D eigenvalue weighted by Crippen LogP contribution is 2.30. The third-order valence-electron chi connectivity index (χ3n) is 6.27. The number of fused-ring (bicyclic) bond motifs is 1. The molecule has 34 heavy (non-hydrogen) atoms. The summed E-state index contributed by atoms with van der Waals surface area (Å²) in [6, 6.07) is 9.39. The fourth-order valence-electron chi connectivity index (χ4n) is 4.22. The molecule has 1 saturated heterocycles. The van der Waals surface area contributed by atoms with Crippen molar-refractivity contribution in [1.82, 2.24) is 4.90 Å². The van der Waals surface area contributed by atoms with Crippen LogP contribution in [0.15, 0.2) is 45.6 Å². The molecule has 0 N–H and O–H groups in total. The number of ether oxygens (including phenoxy) is 2. The number of nitrogens with zero attached hydrogens (tertiary/aromatic N) is 1. The molecule has 2 heterocycles. The Hall–Kier alpha value is -3.33. The SMILES string of the molecule is COc1ccc(CN(C(=O)c2cc(=O)c3cc(C)c(C)cc3o2)[C@@H]2CCS(=O)(=O)C2)cc1OC. The molecule has 180 valence electrons. The molecule has 0 spiro atoms. The summed E-state index contributed by atoms with van der Waals surface area (Å²) in [5.74, 6) is 0.253. The van der Waals surface area contributed by atoms with Crippen molar-refractivity contribution in [3.05, 3.63) is 69.1 Å². The number of hydrogen-bond acceptors (Lipinski definition) is 7. The zero-order chi connectivity index (χ0) is 24.6. The molecule has 0 aliphatic carbocycles. The van der Waals surface area contributed by atoms with E-state index in [0.717, 1.165) is 16.7 Å². The molecule has 9 heteroatoms. The first-order chi connectivity index (χ1) is 16.1. The summed E-state index contributed by atoms with van der Waals surface area (Å²) in [5, 5.41) is 0.398. The fourth-order valence-corrected chi connectivity index (χ4v) is 5.95. The van der Waals surface area contributed by atoms with Crippen LogP contribution in [0, 0.1) is 13.8 Å². The van der Waals surface area contributed by atoms with E-state index >= 15 is 0 Å². The van der Waals surface area contributed by atoms with E-state index in [2.05, 4.69) is 0 Å². The second-order valence-electron chi connectivity index (χ2n) is 8.59. The minimum atomic E-state index is -3.26. The molecule has 1 aliphatic rings. The average molecular weight is 486 g/mol. The normalized spacial score (nSPS) is 17.0. The molecule has 2 aromatic carbocycles. The Morgan fingerprint density at radius 3 is 2.41 bits per heavy atom. The lowest BCUT2D eigenvalue weighted by molar-refractivity contribution is 0.0648. The van der Waals surface area contributed by atoms with Crippen molar-refractivity contribution in [1.29, 1.82) is 0 Å². The molecular weight excluding hydrogens is 458 g/mol. The predicted molar refractivity (Wildman–Crippen MR) is 128 cm³/mol. The summed E-state index contributed by atoms with van der Waals surface area (Å²) in [7, 11) is -0.211. The van der Waals surface area contributed by atoms with Gasteiger partial charge < -0.3 is 18.8 Å². The van der Waals surface area contributed by atoms with E-state index in [1.54, 1.807) is 30.3 Å². The van der Waals surface area contributed by atoms with Gasteiger partial charge in [-0.05, 0) is 61.2 Å². The van der Waals surface area contributed by atoms with Crippen LogP contribution in [0.5, 0.6) is 11.5 Å². The van der Waals surface area contributed by atoms with Crippen LogP contribution < -0.4 is 14.9 Å². The highest BCUT2D eigenvalue weighted by Gasteiger charge is 2.36. The lowest BCUT2D eigenvalue weighted by Crippen LogP contribution is -2.41. The number of benzene rings is 2. The summed E-state index contributed by atoms with van der Waals surface area (Å²) in [6.45, 7) is 3.92. The summed E-state index contributed by atoms with van der Waals surface area (Å²) < 4.78 is 40.9. The quantitative estimate of drug-likeness (QED) is 0.528. The number of amides is 1. The molecule has 0 radical (unpaired) electrons. The van der Waals surface area contributed by atoms with E-state index < -0.39 is 21.8 Å². The molecule has 0 saturated carbocycles. The van der Waals surface area contributed by atoms with Crippen molar-refractivity contribution in [2.45, 2.75) is 32.9 Å². The van der Waals surface area contributed by atoms with Crippen molar-refractivity contribution >= 4 is 26.7 Å². The Kier molecular flexibility index (Phi) is 6.40. The van der Waals surface area contributed by atoms with Gasteiger partial charge in [0, 0.05) is 18.7 Å². The van der Waals surface area contributed by atoms with E-state index in [-0.39, 0.29) is 29.2 Å². The predicted octanol–water partition coefficient (Wildman–Crippen LogP) is 3.26. The van der Waals surface area contributed by atoms with Crippen molar-refractivity contribution in [3.63, 3.8) is 0 Å². The van der Waals surface area contributed by atoms with Gasteiger partial charge in [-0.1, -0.05) is 6.07 Å². The first kappa shape index (κ1) is 23.8. The summed E-state index contributed by atoms with van der Waals surface area (Å²) in [5.41, 5.74) is 2.61. The molecule has 1 atom stereocenters. The molecular formula is C25H27NO7S. The molecule has 1 aromatic heterocycles. The van der Waals surface area contributed by atoms with Gasteiger partial charge in [-0.2, -0.15) is 0 Å². The topological polar surface area (TPSA) is 103 Å². The van der Waals surface area contributed by atoms with Gasteiger partial charge in [0.25, 0.3) is 5.91 Å². The zero-order valence-corrected chi connectivity index (χ0v) is 20.4. The van der Waals surface area contributed by atoms with Crippen LogP contribution in [0.4, 0.5) is 0 Å². The van der Waals surface area contributed by atoms with Gasteiger partial charge in [0.1, 0.15) is 5.58 Å². The molecule has 0 unspecified atom stereocenters. The average Bonchev–Trinajstić information content (AvgIpc) is 3.17. The second-order valence-corrected chi connectivity index (χ2v) is 10.8. The van der Waals surface area contributed by atoms with Crippen molar-refractivity contribution in [3.8, 4) is 11.5 Å². The van der Waals surface area contributed by atoms with Gasteiger partial charge in [0.2, 0.25) is 0 Å². The largest absolute Gasteiger partial charge is 0.493 e. The number of carbonyl (C=O) groups excluding carboxylic acids is 1. The van der Waals surface area contributed by atoms with Crippen molar-refractivity contribution in [2.24, 2.45) is 0 Å². The van der Waals surface area contributed by atoms with E-state index in [1.165, 1.54) is 25.2 Å². The second kappa shape index (κ2) is 9.13. The first-order valence-corrected chi connectivity index (χ1v) is 12.7. The van der Waals surface area contributed by atoms with Crippen LogP contribution in [0.25, 0.3) is 11.0 Å². The van der Waals surface area contributed by atoms with E-state index in [1.807, 2.05) is 13.8 Å². The van der Waals surface area contributed by atoms with E-state index in [0.29, 0.717) is 28.9 Å². The minimum absolute atomic E-state index is 0.00746. The van der Waals surface area contributed by atoms with Crippen LogP contribution in [0.3, 0.4) is 0 Å². The molecule has 1 amide bonds. The summed E-state index contributed by atoms with van der Waals surface area (Å²) in [6.07, 6.45) is 0.317. The lowest BCUT2D eigenvalue weighted by atomic mass is 10.1. The number of rotatable bonds is 6. The van der Waals surface area contributed by atoms with Gasteiger partial charge in [0.15, 0.2) is 32.5 Å². The van der Waals surface area contributed by atoms with E-state index in [4.69, 9.17) is 13.9 Å². The van der Waals surface area contributed by atoms with Crippen LogP contribution in [0.1, 0.15) is 33.7 Å². The smallest absolute Gasteiger partial charge is 0.290 e. The standard InChI is InChI=1S/C25H27NO7S/c1-15-9-19-20(27)12-24(33-22(19)10-16(15)2)25(28)26(18-7-8-34(29,30)14-18)13-17-5-6-21(31-3)23(11-17)32-4/h5-6,9-12,18H,7-8,13-14H2,1-4H3/t18-/m1/s1. The summed E-state index contributed by atoms with van der Waals surface area (Å²) in [4.78, 5) is 27.9. The van der Waals surface area contributed by atoms with E-state index in [9.17, 15) is 18.0 Å². The van der Waals surface area contributed by atoms with Gasteiger partial charge in [0.05, 0.1) is 31.1 Å². The molecule has 3 aromatic rings. The van der Waals surface area contributed by atoms with Gasteiger partial charge >= 0.3 is 0 Å². The Morgan fingerprint density at radius 1 is 1.06 bits per heavy atom. The van der Waals surface area contributed by atoms with Gasteiger partial charge in [-0.3, -0.25) is 9.59 Å². The van der Waals surface area contributed by atoms with Crippen LogP contribution in [-0.2, 0) is 16.4 Å². The minimum Gasteiger partial charge on any atom is -0.493 e. The monoisotopic (exact) mass is 485 g/mol. The lowest BCUT2D eigenvalue weighted by Gasteiger charge is -2.28. The number of hydrogen-bond donors (Lipinski definition) is 0. The first-order valence-electron chi connectivity index (χ1n) is 10.9. The third-order valence-corrected chi connectivity index (χ3v) is 8.02. The van der Waals surface area contributed by atoms with Crippen molar-refractivity contribution < 1.29 is 27.1 Å². The number of sulfone groups is 1. The Labute approximate surface area is 198 Å². The highest BCUT2D eigenvalue weighted by atomic mass is 32.2. The van der Waals surface area contributed by atoms with Crippen LogP contribution >= 0.6 is 0 Å². The van der Waals surface area contributed by atoms with Gasteiger partial charge in [-0.15, -0.1) is 0 Å². The number of carbonyl (C=O) groups is 1. The van der Waals surface area contributed by atoms with Crippen molar-refractivity contribution in [2.75, 3.05) is 25.7 Å². The van der Waals surface area contributed by atoms with Crippen LogP contribution in [-0.4, -0.2) is 51.0 Å². The Balaban J connectivity index is 1.75. The fraction of sp³-hybridized carbons (Fsp3) is 0.360. The molecule has 0 bridgehead atoms. The Bertz CT molecular complexity index is 1430. The molecule has 8 nitrogen and oxygen atoms in total. The maximum atomic E-state index is 13.6. The van der Waals surface area contributed by atoms with Crippen LogP contribution in [0.2, 0.25) is 0 Å². The maximum absolute atomic E-state index is 13.6. The molecule has 1 fully saturated rings. The third kappa shape index (κ3) is 4.65. The maximum Gasteiger partial charge on any atom is 0.290 e. The zero-order valence-electron chi connectivity index (χ0n) is 19.6. The summed E-state index contributed by atoms with van der Waals surface area (Å²) >= 11 is 0. The molecule has 4 rings (SSSR count). The molecule has 1 aliphatic heterocycles. The van der Waals surface area contributed by atoms with Gasteiger partial charge in [-0.25, -0.2) is 8.42 Å². The Morgan fingerprint density at radius 2 is 1.76 bits per heavy atom. The number of methoxy groups -OCH3 is 2. The number of aryl methyl sites for hydroxylation is 2. The highest BCUT2D eigenvalue weighted by molar-refractivity contribution is 7.91.